The Balaban J connectivity index is 1.78. The van der Waals surface area contributed by atoms with Crippen molar-refractivity contribution in [1.29, 1.82) is 0 Å². The van der Waals surface area contributed by atoms with Crippen molar-refractivity contribution >= 4 is 39.1 Å². The third-order valence-corrected chi connectivity index (χ3v) is 5.07. The Morgan fingerprint density at radius 3 is 2.28 bits per heavy atom. The van der Waals surface area contributed by atoms with Crippen LogP contribution < -0.4 is 5.32 Å². The third kappa shape index (κ3) is 3.03. The summed E-state index contributed by atoms with van der Waals surface area (Å²) in [6.45, 7) is 0. The number of nitrogens with one attached hydrogen (secondary N) is 1. The molecule has 7 nitrogen and oxygen atoms in total. The van der Waals surface area contributed by atoms with E-state index in [-0.39, 0.29) is 45.0 Å². The number of amides is 1. The SMILES string of the molecule is O=C(Nc1cc(Br)ccc1O)c1cc(O)c2c(c1)C(=O)c1cccc(O)c1C2=O. The Bertz CT molecular complexity index is 1230. The van der Waals surface area contributed by atoms with Gasteiger partial charge in [0.2, 0.25) is 5.78 Å². The van der Waals surface area contributed by atoms with Crippen LogP contribution in [-0.4, -0.2) is 32.8 Å². The van der Waals surface area contributed by atoms with E-state index in [9.17, 15) is 29.7 Å². The lowest BCUT2D eigenvalue weighted by Crippen LogP contribution is -2.22. The van der Waals surface area contributed by atoms with Gasteiger partial charge in [-0.25, -0.2) is 0 Å². The molecule has 0 spiro atoms. The molecule has 0 bridgehead atoms. The largest absolute Gasteiger partial charge is 0.507 e. The highest BCUT2D eigenvalue weighted by Gasteiger charge is 2.35. The summed E-state index contributed by atoms with van der Waals surface area (Å²) in [6.07, 6.45) is 0. The van der Waals surface area contributed by atoms with Crippen LogP contribution in [0.1, 0.15) is 42.2 Å². The van der Waals surface area contributed by atoms with Gasteiger partial charge < -0.3 is 20.6 Å². The lowest BCUT2D eigenvalue weighted by atomic mass is 9.82. The molecular weight excluding hydrogens is 442 g/mol. The van der Waals surface area contributed by atoms with Gasteiger partial charge in [-0.05, 0) is 36.4 Å². The van der Waals surface area contributed by atoms with Crippen molar-refractivity contribution in [3.05, 3.63) is 80.8 Å². The monoisotopic (exact) mass is 453 g/mol. The molecule has 0 atom stereocenters. The van der Waals surface area contributed by atoms with Crippen molar-refractivity contribution in [2.45, 2.75) is 0 Å². The molecular formula is C21H12BrNO6. The van der Waals surface area contributed by atoms with Crippen LogP contribution in [0.15, 0.2) is 53.0 Å². The predicted octanol–water partition coefficient (Wildman–Crippen LogP) is 3.59. The fraction of sp³-hybridized carbons (Fsp3) is 0. The quantitative estimate of drug-likeness (QED) is 0.343. The zero-order chi connectivity index (χ0) is 20.9. The van der Waals surface area contributed by atoms with Crippen LogP contribution in [0, 0.1) is 0 Å². The summed E-state index contributed by atoms with van der Waals surface area (Å²) in [4.78, 5) is 38.2. The zero-order valence-electron chi connectivity index (χ0n) is 14.6. The second-order valence-electron chi connectivity index (χ2n) is 6.39. The van der Waals surface area contributed by atoms with Crippen LogP contribution in [0.4, 0.5) is 5.69 Å². The molecule has 0 aromatic heterocycles. The molecule has 4 rings (SSSR count). The van der Waals surface area contributed by atoms with E-state index < -0.39 is 23.2 Å². The fourth-order valence-electron chi connectivity index (χ4n) is 3.22. The molecule has 0 radical (unpaired) electrons. The first-order chi connectivity index (χ1) is 13.8. The molecule has 0 saturated carbocycles. The fourth-order valence-corrected chi connectivity index (χ4v) is 3.58. The van der Waals surface area contributed by atoms with Gasteiger partial charge in [0.25, 0.3) is 5.91 Å². The second kappa shape index (κ2) is 6.75. The number of phenols is 3. The summed E-state index contributed by atoms with van der Waals surface area (Å²) in [6, 6.07) is 10.8. The maximum atomic E-state index is 12.8. The number of anilines is 1. The minimum atomic E-state index is -0.707. The number of benzene rings is 3. The Morgan fingerprint density at radius 2 is 1.52 bits per heavy atom. The van der Waals surface area contributed by atoms with E-state index in [2.05, 4.69) is 21.2 Å². The van der Waals surface area contributed by atoms with E-state index in [4.69, 9.17) is 0 Å². The van der Waals surface area contributed by atoms with Gasteiger partial charge in [0.15, 0.2) is 5.78 Å². The number of ketones is 2. The summed E-state index contributed by atoms with van der Waals surface area (Å²) in [5.74, 6) is -3.09. The Morgan fingerprint density at radius 1 is 0.793 bits per heavy atom. The predicted molar refractivity (Wildman–Crippen MR) is 107 cm³/mol. The first-order valence-electron chi connectivity index (χ1n) is 8.36. The van der Waals surface area contributed by atoms with Crippen molar-refractivity contribution < 1.29 is 29.7 Å². The molecule has 29 heavy (non-hydrogen) atoms. The van der Waals surface area contributed by atoms with Crippen LogP contribution in [-0.2, 0) is 0 Å². The summed E-state index contributed by atoms with van der Waals surface area (Å²) in [5.41, 5.74) is -0.562. The highest BCUT2D eigenvalue weighted by Crippen LogP contribution is 2.37. The molecule has 0 heterocycles. The van der Waals surface area contributed by atoms with Crippen molar-refractivity contribution in [3.63, 3.8) is 0 Å². The molecule has 144 valence electrons. The number of rotatable bonds is 2. The summed E-state index contributed by atoms with van der Waals surface area (Å²) >= 11 is 3.23. The topological polar surface area (TPSA) is 124 Å². The number of carbonyl (C=O) groups is 3. The van der Waals surface area contributed by atoms with Crippen LogP contribution in [0.5, 0.6) is 17.2 Å². The lowest BCUT2D eigenvalue weighted by Gasteiger charge is -2.20. The number of fused-ring (bicyclic) bond motifs is 2. The number of halogens is 1. The smallest absolute Gasteiger partial charge is 0.255 e. The minimum absolute atomic E-state index is 0.0101. The Kier molecular flexibility index (Phi) is 4.35. The summed E-state index contributed by atoms with van der Waals surface area (Å²) in [7, 11) is 0. The molecule has 0 fully saturated rings. The third-order valence-electron chi connectivity index (χ3n) is 4.57. The van der Waals surface area contributed by atoms with Gasteiger partial charge in [0.05, 0.1) is 16.8 Å². The molecule has 1 aliphatic rings. The summed E-state index contributed by atoms with van der Waals surface area (Å²) in [5, 5.41) is 32.7. The van der Waals surface area contributed by atoms with E-state index >= 15 is 0 Å². The highest BCUT2D eigenvalue weighted by molar-refractivity contribution is 9.10. The molecule has 1 aliphatic carbocycles. The van der Waals surface area contributed by atoms with Crippen LogP contribution in [0.25, 0.3) is 0 Å². The molecule has 1 amide bonds. The van der Waals surface area contributed by atoms with Crippen LogP contribution in [0.3, 0.4) is 0 Å². The van der Waals surface area contributed by atoms with E-state index in [0.29, 0.717) is 4.47 Å². The number of phenolic OH excluding ortho intramolecular Hbond substituents is 3. The molecule has 3 aromatic carbocycles. The molecule has 0 aliphatic heterocycles. The van der Waals surface area contributed by atoms with Crippen molar-refractivity contribution in [2.24, 2.45) is 0 Å². The summed E-state index contributed by atoms with van der Waals surface area (Å²) < 4.78 is 0.621. The van der Waals surface area contributed by atoms with Gasteiger partial charge in [-0.15, -0.1) is 0 Å². The number of carbonyl (C=O) groups excluding carboxylic acids is 3. The Labute approximate surface area is 172 Å². The van der Waals surface area contributed by atoms with Gasteiger partial charge >= 0.3 is 0 Å². The highest BCUT2D eigenvalue weighted by atomic mass is 79.9. The number of hydrogen-bond acceptors (Lipinski definition) is 6. The average molecular weight is 454 g/mol. The first-order valence-corrected chi connectivity index (χ1v) is 9.15. The standard InChI is InChI=1S/C21H12BrNO6/c22-10-4-5-14(24)13(8-10)23-21(29)9-6-12-18(16(26)7-9)20(28)17-11(19(12)27)2-1-3-15(17)25/h1-8,24-26H,(H,23,29). The van der Waals surface area contributed by atoms with Crippen LogP contribution >= 0.6 is 15.9 Å². The van der Waals surface area contributed by atoms with Gasteiger partial charge in [-0.2, -0.15) is 0 Å². The van der Waals surface area contributed by atoms with Gasteiger partial charge in [0.1, 0.15) is 17.2 Å². The van der Waals surface area contributed by atoms with Gasteiger partial charge in [-0.1, -0.05) is 28.1 Å². The maximum Gasteiger partial charge on any atom is 0.255 e. The lowest BCUT2D eigenvalue weighted by molar-refractivity contribution is 0.0972. The normalized spacial score (nSPS) is 12.3. The maximum absolute atomic E-state index is 12.8. The number of hydrogen-bond donors (Lipinski definition) is 4. The molecule has 3 aromatic rings. The zero-order valence-corrected chi connectivity index (χ0v) is 16.1. The minimum Gasteiger partial charge on any atom is -0.507 e. The molecule has 0 saturated heterocycles. The molecule has 4 N–H and O–H groups in total. The van der Waals surface area contributed by atoms with Crippen molar-refractivity contribution in [2.75, 3.05) is 5.32 Å². The van der Waals surface area contributed by atoms with Gasteiger partial charge in [0, 0.05) is 21.2 Å². The van der Waals surface area contributed by atoms with E-state index in [1.165, 1.54) is 36.4 Å². The van der Waals surface area contributed by atoms with Crippen molar-refractivity contribution in [1.82, 2.24) is 0 Å². The molecule has 8 heteroatoms. The first kappa shape index (κ1) is 18.7. The van der Waals surface area contributed by atoms with E-state index in [1.54, 1.807) is 6.07 Å². The van der Waals surface area contributed by atoms with E-state index in [0.717, 1.165) is 6.07 Å². The van der Waals surface area contributed by atoms with Crippen LogP contribution in [0.2, 0.25) is 0 Å². The van der Waals surface area contributed by atoms with E-state index in [1.807, 2.05) is 0 Å². The number of aromatic hydroxyl groups is 3. The second-order valence-corrected chi connectivity index (χ2v) is 7.31. The average Bonchev–Trinajstić information content (AvgIpc) is 2.68. The van der Waals surface area contributed by atoms with Crippen molar-refractivity contribution in [3.8, 4) is 17.2 Å². The van der Waals surface area contributed by atoms with Gasteiger partial charge in [-0.3, -0.25) is 14.4 Å². The molecule has 0 unspecified atom stereocenters. The Hall–Kier alpha value is -3.65.